The van der Waals surface area contributed by atoms with Gasteiger partial charge in [-0.3, -0.25) is 0 Å². The Bertz CT molecular complexity index is 1080. The van der Waals surface area contributed by atoms with Crippen LogP contribution < -0.4 is 0 Å². The summed E-state index contributed by atoms with van der Waals surface area (Å²) in [6.07, 6.45) is 5.92. The lowest BCUT2D eigenvalue weighted by Gasteiger charge is -2.53. The molecule has 3 saturated heterocycles. The van der Waals surface area contributed by atoms with Crippen LogP contribution in [0.25, 0.3) is 31.3 Å². The van der Waals surface area contributed by atoms with Crippen LogP contribution in [0.4, 0.5) is 0 Å². The average molecular weight is 560 g/mol. The first-order valence-corrected chi connectivity index (χ1v) is 14.6. The highest BCUT2D eigenvalue weighted by Gasteiger charge is 2.59. The Morgan fingerprint density at radius 1 is 0.725 bits per heavy atom. The third-order valence-corrected chi connectivity index (χ3v) is 9.57. The molecule has 2 spiro atoms. The first-order chi connectivity index (χ1) is 19.5. The first-order valence-electron chi connectivity index (χ1n) is 14.6. The minimum atomic E-state index is -0.954. The third kappa shape index (κ3) is 5.11. The molecule has 0 aromatic rings. The van der Waals surface area contributed by atoms with Crippen LogP contribution in [0.5, 0.6) is 0 Å². The van der Waals surface area contributed by atoms with Crippen molar-refractivity contribution in [3.8, 4) is 0 Å². The van der Waals surface area contributed by atoms with E-state index in [4.69, 9.17) is 28.4 Å². The van der Waals surface area contributed by atoms with E-state index in [1.165, 1.54) is 0 Å². The minimum absolute atomic E-state index is 0.221. The maximum Gasteiger partial charge on any atom is 0.169 e. The minimum Gasteiger partial charge on any atom is -0.347 e. The Morgan fingerprint density at radius 3 is 2.00 bits per heavy atom. The van der Waals surface area contributed by atoms with Gasteiger partial charge in [0.25, 0.3) is 0 Å². The highest BCUT2D eigenvalue weighted by Crippen LogP contribution is 2.48. The van der Waals surface area contributed by atoms with Crippen molar-refractivity contribution in [2.75, 3.05) is 6.61 Å². The van der Waals surface area contributed by atoms with Crippen LogP contribution in [0.15, 0.2) is 15.3 Å². The number of hydrogen-bond donors (Lipinski definition) is 0. The molecule has 0 amide bonds. The fourth-order valence-electron chi connectivity index (χ4n) is 7.58. The van der Waals surface area contributed by atoms with Crippen molar-refractivity contribution in [3.05, 3.63) is 31.3 Å². The molecular formula is C25H37N9O6. The van der Waals surface area contributed by atoms with Gasteiger partial charge in [-0.1, -0.05) is 35.1 Å². The van der Waals surface area contributed by atoms with Gasteiger partial charge in [-0.2, -0.15) is 0 Å². The van der Waals surface area contributed by atoms with E-state index in [-0.39, 0.29) is 18.4 Å². The van der Waals surface area contributed by atoms with Gasteiger partial charge in [0.2, 0.25) is 0 Å². The lowest BCUT2D eigenvalue weighted by molar-refractivity contribution is -0.382. The monoisotopic (exact) mass is 559 g/mol. The smallest absolute Gasteiger partial charge is 0.169 e. The van der Waals surface area contributed by atoms with Gasteiger partial charge in [0.05, 0.1) is 43.0 Å². The van der Waals surface area contributed by atoms with Crippen LogP contribution in [0.3, 0.4) is 0 Å². The normalized spacial score (nSPS) is 43.4. The lowest BCUT2D eigenvalue weighted by Crippen LogP contribution is -2.64. The molecule has 3 heterocycles. The molecule has 0 radical (unpaired) electrons. The van der Waals surface area contributed by atoms with Gasteiger partial charge < -0.3 is 28.4 Å². The number of azide groups is 3. The van der Waals surface area contributed by atoms with E-state index in [2.05, 4.69) is 30.1 Å². The van der Waals surface area contributed by atoms with Crippen LogP contribution in [0, 0.1) is 5.92 Å². The number of ether oxygens (including phenoxy) is 6. The van der Waals surface area contributed by atoms with E-state index in [1.54, 1.807) is 0 Å². The number of fused-ring (bicyclic) bond motifs is 2. The molecule has 0 aromatic heterocycles. The molecule has 3 aliphatic heterocycles. The molecule has 10 atom stereocenters. The summed E-state index contributed by atoms with van der Waals surface area (Å²) in [6, 6.07) is -1.99. The van der Waals surface area contributed by atoms with E-state index >= 15 is 0 Å². The van der Waals surface area contributed by atoms with Crippen LogP contribution >= 0.6 is 0 Å². The second kappa shape index (κ2) is 11.5. The zero-order valence-electron chi connectivity index (χ0n) is 22.7. The van der Waals surface area contributed by atoms with Crippen LogP contribution in [0.2, 0.25) is 0 Å². The summed E-state index contributed by atoms with van der Waals surface area (Å²) in [4.78, 5) is 9.18. The summed E-state index contributed by atoms with van der Waals surface area (Å²) in [7, 11) is 0. The summed E-state index contributed by atoms with van der Waals surface area (Å²) in [5.74, 6) is -1.63. The Morgan fingerprint density at radius 2 is 1.32 bits per heavy atom. The topological polar surface area (TPSA) is 202 Å². The molecule has 6 aliphatic rings. The predicted molar refractivity (Wildman–Crippen MR) is 138 cm³/mol. The maximum absolute atomic E-state index is 9.47. The molecule has 218 valence electrons. The van der Waals surface area contributed by atoms with E-state index < -0.39 is 60.4 Å². The second-order valence-electron chi connectivity index (χ2n) is 12.0. The lowest BCUT2D eigenvalue weighted by atomic mass is 9.83. The molecule has 0 N–H and O–H groups in total. The first kappa shape index (κ1) is 27.8. The van der Waals surface area contributed by atoms with Crippen LogP contribution in [0.1, 0.15) is 77.6 Å². The van der Waals surface area contributed by atoms with Crippen LogP contribution in [-0.4, -0.2) is 73.1 Å². The Labute approximate surface area is 232 Å². The van der Waals surface area contributed by atoms with Crippen molar-refractivity contribution >= 4 is 0 Å². The van der Waals surface area contributed by atoms with Gasteiger partial charge in [-0.25, -0.2) is 0 Å². The molecule has 3 aliphatic carbocycles. The fraction of sp³-hybridized carbons (Fsp3) is 1.00. The maximum atomic E-state index is 9.47. The second-order valence-corrected chi connectivity index (χ2v) is 12.0. The van der Waals surface area contributed by atoms with Crippen molar-refractivity contribution in [1.29, 1.82) is 0 Å². The molecule has 40 heavy (non-hydrogen) atoms. The van der Waals surface area contributed by atoms with Crippen LogP contribution in [-0.2, 0) is 28.4 Å². The zero-order chi connectivity index (χ0) is 27.7. The fourth-order valence-corrected chi connectivity index (χ4v) is 7.58. The number of nitrogens with zero attached hydrogens (tertiary/aromatic N) is 9. The number of rotatable bonds is 5. The van der Waals surface area contributed by atoms with Gasteiger partial charge in [0.1, 0.15) is 12.2 Å². The molecule has 0 bridgehead atoms. The van der Waals surface area contributed by atoms with Gasteiger partial charge >= 0.3 is 0 Å². The van der Waals surface area contributed by atoms with Crippen molar-refractivity contribution in [3.63, 3.8) is 0 Å². The van der Waals surface area contributed by atoms with Gasteiger partial charge in [-0.05, 0) is 54.6 Å². The summed E-state index contributed by atoms with van der Waals surface area (Å²) < 4.78 is 38.8. The highest BCUT2D eigenvalue weighted by molar-refractivity contribution is 5.07. The predicted octanol–water partition coefficient (Wildman–Crippen LogP) is 5.69. The van der Waals surface area contributed by atoms with Crippen molar-refractivity contribution in [2.45, 2.75) is 144 Å². The summed E-state index contributed by atoms with van der Waals surface area (Å²) in [5, 5.41) is 12.1. The molecule has 6 rings (SSSR count). The quantitative estimate of drug-likeness (QED) is 0.235. The molecule has 4 unspecified atom stereocenters. The Hall–Kier alpha value is -2.31. The van der Waals surface area contributed by atoms with Crippen molar-refractivity contribution in [1.82, 2.24) is 0 Å². The molecule has 15 nitrogen and oxygen atoms in total. The average Bonchev–Trinajstić information content (AvgIpc) is 3.33. The van der Waals surface area contributed by atoms with Gasteiger partial charge in [0.15, 0.2) is 17.9 Å². The van der Waals surface area contributed by atoms with E-state index in [1.807, 2.05) is 6.92 Å². The van der Waals surface area contributed by atoms with Crippen molar-refractivity contribution in [2.24, 2.45) is 21.3 Å². The summed E-state index contributed by atoms with van der Waals surface area (Å²) >= 11 is 0. The molecule has 6 fully saturated rings. The SMILES string of the molecule is C[C@@H]1C(N=[N+]=[N-])[C@@H](O[C@@H]2C(N=[N+]=[N-])C[C@@H](N=[N+]=[N-])C3OC4(CCCCC4)O[C@H]32)OC2COC3(CCCCC3)O[C@H]21. The summed E-state index contributed by atoms with van der Waals surface area (Å²) in [6.45, 7) is 2.33. The zero-order valence-corrected chi connectivity index (χ0v) is 22.7. The largest absolute Gasteiger partial charge is 0.347 e. The molecule has 3 saturated carbocycles. The molecule has 15 heteroatoms. The Kier molecular flexibility index (Phi) is 8.02. The Balaban J connectivity index is 1.27. The summed E-state index contributed by atoms with van der Waals surface area (Å²) in [5.41, 5.74) is 28.1. The van der Waals surface area contributed by atoms with E-state index in [0.29, 0.717) is 6.61 Å². The van der Waals surface area contributed by atoms with Gasteiger partial charge in [-0.15, -0.1) is 0 Å². The molecule has 0 aromatic carbocycles. The standard InChI is InChI=1S/C25H37N9O6/c1-14-18(31-34-28)23(36-17-13-35-24(38-19(14)17)8-4-2-5-9-24)37-20-15(29-32-26)12-16(30-33-27)21-22(20)40-25(39-21)10-6-3-7-11-25/h14-23H,2-13H2,1H3/t14-,15?,16-,17?,18?,19+,20-,21?,22+,23-/m1/s1. The van der Waals surface area contributed by atoms with E-state index in [9.17, 15) is 16.6 Å². The number of hydrogen-bond acceptors (Lipinski definition) is 9. The highest BCUT2D eigenvalue weighted by atomic mass is 16.8. The van der Waals surface area contributed by atoms with Gasteiger partial charge in [0, 0.05) is 40.4 Å². The van der Waals surface area contributed by atoms with Crippen molar-refractivity contribution < 1.29 is 28.4 Å². The molecular weight excluding hydrogens is 522 g/mol. The van der Waals surface area contributed by atoms with E-state index in [0.717, 1.165) is 64.2 Å². The third-order valence-electron chi connectivity index (χ3n) is 9.57.